The van der Waals surface area contributed by atoms with Gasteiger partial charge in [0.1, 0.15) is 11.9 Å². The van der Waals surface area contributed by atoms with Crippen molar-refractivity contribution >= 4 is 5.78 Å². The van der Waals surface area contributed by atoms with Crippen LogP contribution >= 0.6 is 0 Å². The molecule has 3 heteroatoms. The molecule has 98 valence electrons. The molecule has 0 amide bonds. The SMILES string of the molecule is CCN(CC)CCC1CC(=O)c2ccccc2O1. The van der Waals surface area contributed by atoms with Crippen LogP contribution in [0.3, 0.4) is 0 Å². The zero-order chi connectivity index (χ0) is 13.0. The predicted molar refractivity (Wildman–Crippen MR) is 72.2 cm³/mol. The first-order chi connectivity index (χ1) is 8.74. The van der Waals surface area contributed by atoms with E-state index in [0.29, 0.717) is 6.42 Å². The van der Waals surface area contributed by atoms with E-state index >= 15 is 0 Å². The van der Waals surface area contributed by atoms with Crippen molar-refractivity contribution in [1.82, 2.24) is 4.90 Å². The van der Waals surface area contributed by atoms with Gasteiger partial charge in [0, 0.05) is 13.0 Å². The zero-order valence-corrected chi connectivity index (χ0v) is 11.2. The fourth-order valence-electron chi connectivity index (χ4n) is 2.37. The Kier molecular flexibility index (Phi) is 4.37. The molecule has 0 saturated heterocycles. The van der Waals surface area contributed by atoms with Crippen molar-refractivity contribution in [2.24, 2.45) is 0 Å². The number of hydrogen-bond acceptors (Lipinski definition) is 3. The molecule has 0 N–H and O–H groups in total. The van der Waals surface area contributed by atoms with Crippen molar-refractivity contribution in [2.45, 2.75) is 32.8 Å². The van der Waals surface area contributed by atoms with Gasteiger partial charge in [0.05, 0.1) is 5.56 Å². The van der Waals surface area contributed by atoms with Crippen LogP contribution in [0.2, 0.25) is 0 Å². The Bertz CT molecular complexity index is 413. The molecule has 2 rings (SSSR count). The van der Waals surface area contributed by atoms with E-state index in [4.69, 9.17) is 4.74 Å². The van der Waals surface area contributed by atoms with E-state index in [2.05, 4.69) is 18.7 Å². The highest BCUT2D eigenvalue weighted by atomic mass is 16.5. The van der Waals surface area contributed by atoms with Crippen molar-refractivity contribution in [3.05, 3.63) is 29.8 Å². The Morgan fingerprint density at radius 3 is 2.72 bits per heavy atom. The highest BCUT2D eigenvalue weighted by Gasteiger charge is 2.25. The van der Waals surface area contributed by atoms with Crippen LogP contribution in [0.15, 0.2) is 24.3 Å². The maximum atomic E-state index is 12.0. The topological polar surface area (TPSA) is 29.5 Å². The van der Waals surface area contributed by atoms with Gasteiger partial charge < -0.3 is 9.64 Å². The van der Waals surface area contributed by atoms with Gasteiger partial charge in [-0.15, -0.1) is 0 Å². The summed E-state index contributed by atoms with van der Waals surface area (Å²) in [5.74, 6) is 0.958. The average Bonchev–Trinajstić information content (AvgIpc) is 2.40. The summed E-state index contributed by atoms with van der Waals surface area (Å²) >= 11 is 0. The van der Waals surface area contributed by atoms with Gasteiger partial charge in [0.2, 0.25) is 0 Å². The van der Waals surface area contributed by atoms with E-state index in [1.54, 1.807) is 0 Å². The number of carbonyl (C=O) groups excluding carboxylic acids is 1. The number of rotatable bonds is 5. The lowest BCUT2D eigenvalue weighted by Crippen LogP contribution is -2.32. The van der Waals surface area contributed by atoms with Crippen LogP contribution in [0.1, 0.15) is 37.0 Å². The number of carbonyl (C=O) groups is 1. The van der Waals surface area contributed by atoms with Gasteiger partial charge in [-0.2, -0.15) is 0 Å². The molecule has 18 heavy (non-hydrogen) atoms. The molecule has 1 aliphatic rings. The van der Waals surface area contributed by atoms with E-state index in [1.165, 1.54) is 0 Å². The third-order valence-corrected chi connectivity index (χ3v) is 3.56. The average molecular weight is 247 g/mol. The molecule has 0 saturated carbocycles. The minimum Gasteiger partial charge on any atom is -0.489 e. The largest absolute Gasteiger partial charge is 0.489 e. The van der Waals surface area contributed by atoms with Gasteiger partial charge in [-0.3, -0.25) is 4.79 Å². The standard InChI is InChI=1S/C15H21NO2/c1-3-16(4-2)10-9-12-11-14(17)13-7-5-6-8-15(13)18-12/h5-8,12H,3-4,9-11H2,1-2H3. The summed E-state index contributed by atoms with van der Waals surface area (Å²) in [6.07, 6.45) is 1.47. The number of benzene rings is 1. The van der Waals surface area contributed by atoms with E-state index in [-0.39, 0.29) is 11.9 Å². The van der Waals surface area contributed by atoms with E-state index in [1.807, 2.05) is 24.3 Å². The van der Waals surface area contributed by atoms with Crippen LogP contribution in [0.5, 0.6) is 5.75 Å². The quantitative estimate of drug-likeness (QED) is 0.801. The third kappa shape index (κ3) is 2.91. The molecule has 0 spiro atoms. The normalized spacial score (nSPS) is 18.6. The predicted octanol–water partition coefficient (Wildman–Crippen LogP) is 2.75. The molecule has 0 bridgehead atoms. The number of ketones is 1. The van der Waals surface area contributed by atoms with Gasteiger partial charge in [-0.25, -0.2) is 0 Å². The lowest BCUT2D eigenvalue weighted by molar-refractivity contribution is 0.0820. The van der Waals surface area contributed by atoms with Crippen LogP contribution in [-0.2, 0) is 0 Å². The Balaban J connectivity index is 1.96. The van der Waals surface area contributed by atoms with Crippen molar-refractivity contribution in [2.75, 3.05) is 19.6 Å². The van der Waals surface area contributed by atoms with Gasteiger partial charge in [0.25, 0.3) is 0 Å². The van der Waals surface area contributed by atoms with Crippen molar-refractivity contribution < 1.29 is 9.53 Å². The van der Waals surface area contributed by atoms with Crippen LogP contribution < -0.4 is 4.74 Å². The Hall–Kier alpha value is -1.35. The summed E-state index contributed by atoms with van der Waals surface area (Å²) < 4.78 is 5.89. The number of nitrogens with zero attached hydrogens (tertiary/aromatic N) is 1. The van der Waals surface area contributed by atoms with E-state index < -0.39 is 0 Å². The summed E-state index contributed by atoms with van der Waals surface area (Å²) in [5, 5.41) is 0. The third-order valence-electron chi connectivity index (χ3n) is 3.56. The number of ether oxygens (including phenoxy) is 1. The van der Waals surface area contributed by atoms with E-state index in [0.717, 1.165) is 37.4 Å². The molecule has 1 aliphatic heterocycles. The Labute approximate surface area is 109 Å². The molecular formula is C15H21NO2. The molecule has 0 aromatic heterocycles. The van der Waals surface area contributed by atoms with E-state index in [9.17, 15) is 4.79 Å². The lowest BCUT2D eigenvalue weighted by Gasteiger charge is -2.27. The molecule has 3 nitrogen and oxygen atoms in total. The maximum Gasteiger partial charge on any atom is 0.170 e. The molecule has 1 aromatic rings. The molecule has 0 fully saturated rings. The second kappa shape index (κ2) is 6.01. The molecule has 0 aliphatic carbocycles. The van der Waals surface area contributed by atoms with Crippen molar-refractivity contribution in [3.8, 4) is 5.75 Å². The number of fused-ring (bicyclic) bond motifs is 1. The zero-order valence-electron chi connectivity index (χ0n) is 11.2. The van der Waals surface area contributed by atoms with Crippen LogP contribution in [-0.4, -0.2) is 36.4 Å². The fraction of sp³-hybridized carbons (Fsp3) is 0.533. The summed E-state index contributed by atoms with van der Waals surface area (Å²) in [5.41, 5.74) is 0.733. The summed E-state index contributed by atoms with van der Waals surface area (Å²) in [7, 11) is 0. The van der Waals surface area contributed by atoms with Crippen LogP contribution in [0, 0.1) is 0 Å². The van der Waals surface area contributed by atoms with Crippen LogP contribution in [0.25, 0.3) is 0 Å². The number of para-hydroxylation sites is 1. The molecule has 1 atom stereocenters. The van der Waals surface area contributed by atoms with Gasteiger partial charge in [-0.05, 0) is 31.6 Å². The highest BCUT2D eigenvalue weighted by molar-refractivity contribution is 5.99. The monoisotopic (exact) mass is 247 g/mol. The Morgan fingerprint density at radius 1 is 1.28 bits per heavy atom. The second-order valence-corrected chi connectivity index (χ2v) is 4.68. The molecule has 0 radical (unpaired) electrons. The van der Waals surface area contributed by atoms with Crippen LogP contribution in [0.4, 0.5) is 0 Å². The highest BCUT2D eigenvalue weighted by Crippen LogP contribution is 2.28. The smallest absolute Gasteiger partial charge is 0.170 e. The molecular weight excluding hydrogens is 226 g/mol. The number of Topliss-reactive ketones (excluding diaryl/α,β-unsaturated/α-hetero) is 1. The summed E-state index contributed by atoms with van der Waals surface area (Å²) in [4.78, 5) is 14.3. The summed E-state index contributed by atoms with van der Waals surface area (Å²) in [6.45, 7) is 7.41. The fourth-order valence-corrected chi connectivity index (χ4v) is 2.37. The first-order valence-corrected chi connectivity index (χ1v) is 6.75. The van der Waals surface area contributed by atoms with Gasteiger partial charge >= 0.3 is 0 Å². The van der Waals surface area contributed by atoms with Crippen molar-refractivity contribution in [1.29, 1.82) is 0 Å². The molecule has 1 heterocycles. The first kappa shape index (κ1) is 13.1. The maximum absolute atomic E-state index is 12.0. The lowest BCUT2D eigenvalue weighted by atomic mass is 9.99. The first-order valence-electron chi connectivity index (χ1n) is 6.75. The second-order valence-electron chi connectivity index (χ2n) is 4.68. The Morgan fingerprint density at radius 2 is 2.00 bits per heavy atom. The van der Waals surface area contributed by atoms with Crippen molar-refractivity contribution in [3.63, 3.8) is 0 Å². The molecule has 1 aromatic carbocycles. The minimum atomic E-state index is 0.0352. The van der Waals surface area contributed by atoms with Gasteiger partial charge in [0.15, 0.2) is 5.78 Å². The molecule has 1 unspecified atom stereocenters. The number of hydrogen-bond donors (Lipinski definition) is 0. The summed E-state index contributed by atoms with van der Waals surface area (Å²) in [6, 6.07) is 7.53. The minimum absolute atomic E-state index is 0.0352. The van der Waals surface area contributed by atoms with Gasteiger partial charge in [-0.1, -0.05) is 26.0 Å².